The van der Waals surface area contributed by atoms with Crippen LogP contribution in [0.5, 0.6) is 0 Å². The predicted octanol–water partition coefficient (Wildman–Crippen LogP) is 2.91. The van der Waals surface area contributed by atoms with E-state index in [4.69, 9.17) is 10.4 Å². The number of carbonyl (C=O) groups is 1. The van der Waals surface area contributed by atoms with Crippen molar-refractivity contribution < 1.29 is 9.90 Å². The van der Waals surface area contributed by atoms with E-state index in [1.54, 1.807) is 6.07 Å². The minimum Gasteiger partial charge on any atom is -0.478 e. The summed E-state index contributed by atoms with van der Waals surface area (Å²) in [5, 5.41) is 18.0. The molecule has 0 aliphatic heterocycles. The van der Waals surface area contributed by atoms with Crippen molar-refractivity contribution in [2.75, 3.05) is 0 Å². The largest absolute Gasteiger partial charge is 0.478 e. The van der Waals surface area contributed by atoms with Crippen molar-refractivity contribution in [2.24, 2.45) is 0 Å². The summed E-state index contributed by atoms with van der Waals surface area (Å²) >= 11 is 6.32. The second-order valence-corrected chi connectivity index (χ2v) is 4.01. The molecule has 1 aromatic rings. The Labute approximate surface area is 97.6 Å². The molecule has 0 aromatic heterocycles. The van der Waals surface area contributed by atoms with Crippen LogP contribution < -0.4 is 0 Å². The van der Waals surface area contributed by atoms with E-state index in [0.29, 0.717) is 20.9 Å². The molecule has 0 fully saturated rings. The van der Waals surface area contributed by atoms with Gasteiger partial charge in [0.15, 0.2) is 0 Å². The zero-order valence-electron chi connectivity index (χ0n) is 6.92. The normalized spacial score (nSPS) is 9.50. The van der Waals surface area contributed by atoms with E-state index in [0.717, 1.165) is 0 Å². The lowest BCUT2D eigenvalue weighted by Crippen LogP contribution is -2.03. The summed E-state index contributed by atoms with van der Waals surface area (Å²) in [6.45, 7) is 0. The summed E-state index contributed by atoms with van der Waals surface area (Å²) in [6.07, 6.45) is 0. The van der Waals surface area contributed by atoms with Crippen LogP contribution >= 0.6 is 31.9 Å². The van der Waals surface area contributed by atoms with E-state index < -0.39 is 5.97 Å². The van der Waals surface area contributed by atoms with Gasteiger partial charge in [0.05, 0.1) is 17.2 Å². The summed E-state index contributed by atoms with van der Waals surface area (Å²) in [5.74, 6) is -1.03. The molecule has 0 heterocycles. The number of carboxylic acids is 1. The fourth-order valence-electron chi connectivity index (χ4n) is 1.07. The van der Waals surface area contributed by atoms with Crippen molar-refractivity contribution in [2.45, 2.75) is 5.33 Å². The maximum absolute atomic E-state index is 10.8. The van der Waals surface area contributed by atoms with E-state index in [1.807, 2.05) is 6.07 Å². The van der Waals surface area contributed by atoms with Crippen LogP contribution in [0.4, 0.5) is 0 Å². The molecular formula is C9H5Br2NO2. The number of aromatic carboxylic acids is 1. The Morgan fingerprint density at radius 1 is 1.57 bits per heavy atom. The number of benzene rings is 1. The van der Waals surface area contributed by atoms with Crippen molar-refractivity contribution in [1.82, 2.24) is 0 Å². The van der Waals surface area contributed by atoms with Crippen molar-refractivity contribution in [1.29, 1.82) is 5.26 Å². The maximum atomic E-state index is 10.8. The highest BCUT2D eigenvalue weighted by Crippen LogP contribution is 2.23. The minimum absolute atomic E-state index is 0.146. The highest BCUT2D eigenvalue weighted by Gasteiger charge is 2.14. The smallest absolute Gasteiger partial charge is 0.336 e. The highest BCUT2D eigenvalue weighted by atomic mass is 79.9. The summed E-state index contributed by atoms with van der Waals surface area (Å²) < 4.78 is 0.594. The lowest BCUT2D eigenvalue weighted by Gasteiger charge is -2.05. The number of alkyl halides is 1. The number of hydrogen-bond acceptors (Lipinski definition) is 2. The fourth-order valence-corrected chi connectivity index (χ4v) is 2.13. The molecule has 0 bridgehead atoms. The predicted molar refractivity (Wildman–Crippen MR) is 58.4 cm³/mol. The van der Waals surface area contributed by atoms with E-state index in [-0.39, 0.29) is 5.56 Å². The number of carboxylic acid groups (broad SMARTS) is 1. The van der Waals surface area contributed by atoms with Crippen LogP contribution in [0.2, 0.25) is 0 Å². The molecule has 14 heavy (non-hydrogen) atoms. The Morgan fingerprint density at radius 3 is 2.64 bits per heavy atom. The molecule has 3 nitrogen and oxygen atoms in total. The van der Waals surface area contributed by atoms with Gasteiger partial charge < -0.3 is 5.11 Å². The molecule has 0 unspecified atom stereocenters. The fraction of sp³-hybridized carbons (Fsp3) is 0.111. The Bertz CT molecular complexity index is 424. The zero-order valence-corrected chi connectivity index (χ0v) is 10.1. The quantitative estimate of drug-likeness (QED) is 0.853. The van der Waals surface area contributed by atoms with Gasteiger partial charge in [-0.1, -0.05) is 31.9 Å². The first-order valence-electron chi connectivity index (χ1n) is 3.62. The molecule has 0 aliphatic rings. The molecule has 0 atom stereocenters. The van der Waals surface area contributed by atoms with Crippen LogP contribution in [0.15, 0.2) is 16.6 Å². The monoisotopic (exact) mass is 317 g/mol. The second-order valence-electron chi connectivity index (χ2n) is 2.53. The lowest BCUT2D eigenvalue weighted by molar-refractivity contribution is 0.0696. The van der Waals surface area contributed by atoms with Gasteiger partial charge in [0.1, 0.15) is 0 Å². The van der Waals surface area contributed by atoms with Crippen molar-refractivity contribution in [3.05, 3.63) is 33.3 Å². The molecule has 0 saturated heterocycles. The molecular weight excluding hydrogens is 314 g/mol. The molecule has 5 heteroatoms. The number of halogens is 2. The average molecular weight is 319 g/mol. The van der Waals surface area contributed by atoms with Gasteiger partial charge in [0.2, 0.25) is 0 Å². The van der Waals surface area contributed by atoms with E-state index in [2.05, 4.69) is 31.9 Å². The van der Waals surface area contributed by atoms with Gasteiger partial charge in [0.25, 0.3) is 0 Å². The third-order valence-corrected chi connectivity index (χ3v) is 2.72. The summed E-state index contributed by atoms with van der Waals surface area (Å²) in [7, 11) is 0. The van der Waals surface area contributed by atoms with Crippen molar-refractivity contribution in [3.63, 3.8) is 0 Å². The van der Waals surface area contributed by atoms with Gasteiger partial charge in [0, 0.05) is 9.80 Å². The average Bonchev–Trinajstić information content (AvgIpc) is 2.16. The van der Waals surface area contributed by atoms with Gasteiger partial charge in [-0.2, -0.15) is 5.26 Å². The number of nitriles is 1. The van der Waals surface area contributed by atoms with E-state index in [9.17, 15) is 4.79 Å². The molecule has 0 aliphatic carbocycles. The first-order valence-corrected chi connectivity index (χ1v) is 5.53. The Kier molecular flexibility index (Phi) is 3.67. The SMILES string of the molecule is N#Cc1cc(Br)cc(C(=O)O)c1CBr. The van der Waals surface area contributed by atoms with Gasteiger partial charge >= 0.3 is 5.97 Å². The van der Waals surface area contributed by atoms with Gasteiger partial charge in [-0.15, -0.1) is 0 Å². The van der Waals surface area contributed by atoms with Crippen molar-refractivity contribution in [3.8, 4) is 6.07 Å². The van der Waals surface area contributed by atoms with Crippen LogP contribution in [-0.4, -0.2) is 11.1 Å². The second kappa shape index (κ2) is 4.58. The lowest BCUT2D eigenvalue weighted by atomic mass is 10.0. The molecule has 1 aromatic carbocycles. The number of rotatable bonds is 2. The van der Waals surface area contributed by atoms with Crippen molar-refractivity contribution >= 4 is 37.8 Å². The van der Waals surface area contributed by atoms with Crippen LogP contribution in [0.3, 0.4) is 0 Å². The zero-order chi connectivity index (χ0) is 10.7. The van der Waals surface area contributed by atoms with Crippen LogP contribution in [-0.2, 0) is 5.33 Å². The topological polar surface area (TPSA) is 61.1 Å². The molecule has 72 valence electrons. The molecule has 0 radical (unpaired) electrons. The molecule has 0 amide bonds. The molecule has 1 rings (SSSR count). The highest BCUT2D eigenvalue weighted by molar-refractivity contribution is 9.10. The first kappa shape index (κ1) is 11.2. The van der Waals surface area contributed by atoms with E-state index >= 15 is 0 Å². The standard InChI is InChI=1S/C9H5Br2NO2/c10-3-8-5(4-12)1-6(11)2-7(8)9(13)14/h1-2H,3H2,(H,13,14). The third kappa shape index (κ3) is 2.14. The Balaban J connectivity index is 3.49. The Morgan fingerprint density at radius 2 is 2.21 bits per heavy atom. The first-order chi connectivity index (χ1) is 6.60. The van der Waals surface area contributed by atoms with Crippen LogP contribution in [0.25, 0.3) is 0 Å². The van der Waals surface area contributed by atoms with E-state index in [1.165, 1.54) is 6.07 Å². The molecule has 0 spiro atoms. The Hall–Kier alpha value is -0.860. The summed E-state index contributed by atoms with van der Waals surface area (Å²) in [5.41, 5.74) is 1.02. The van der Waals surface area contributed by atoms with Gasteiger partial charge in [-0.25, -0.2) is 4.79 Å². The third-order valence-electron chi connectivity index (χ3n) is 1.70. The van der Waals surface area contributed by atoms with Gasteiger partial charge in [-0.3, -0.25) is 0 Å². The minimum atomic E-state index is -1.03. The van der Waals surface area contributed by atoms with Crippen LogP contribution in [0, 0.1) is 11.3 Å². The number of nitrogens with zero attached hydrogens (tertiary/aromatic N) is 1. The molecule has 0 saturated carbocycles. The summed E-state index contributed by atoms with van der Waals surface area (Å²) in [4.78, 5) is 10.8. The number of hydrogen-bond donors (Lipinski definition) is 1. The van der Waals surface area contributed by atoms with Crippen LogP contribution in [0.1, 0.15) is 21.5 Å². The maximum Gasteiger partial charge on any atom is 0.336 e. The molecule has 1 N–H and O–H groups in total. The summed E-state index contributed by atoms with van der Waals surface area (Å²) in [6, 6.07) is 5.05. The van der Waals surface area contributed by atoms with Gasteiger partial charge in [-0.05, 0) is 17.7 Å².